The molecule has 0 spiro atoms. The van der Waals surface area contributed by atoms with Gasteiger partial charge in [0.2, 0.25) is 17.6 Å². The average Bonchev–Trinajstić information content (AvgIpc) is 3.23. The van der Waals surface area contributed by atoms with Gasteiger partial charge in [-0.25, -0.2) is 4.39 Å². The van der Waals surface area contributed by atoms with Crippen LogP contribution in [0.5, 0.6) is 0 Å². The third-order valence-electron chi connectivity index (χ3n) is 4.78. The number of aryl methyl sites for hydroxylation is 2. The largest absolute Gasteiger partial charge is 0.481 e. The molecule has 26 heavy (non-hydrogen) atoms. The fourth-order valence-electron chi connectivity index (χ4n) is 2.98. The highest BCUT2D eigenvalue weighted by atomic mass is 19.1. The molecule has 7 nitrogen and oxygen atoms in total. The molecular formula is C18H20FN3O4. The second-order valence-electron chi connectivity index (χ2n) is 6.91. The summed E-state index contributed by atoms with van der Waals surface area (Å²) in [6, 6.07) is 4.54. The first-order valence-corrected chi connectivity index (χ1v) is 8.39. The fraction of sp³-hybridized carbons (Fsp3) is 0.444. The van der Waals surface area contributed by atoms with Crippen LogP contribution >= 0.6 is 0 Å². The van der Waals surface area contributed by atoms with Crippen molar-refractivity contribution in [3.8, 4) is 11.4 Å². The lowest BCUT2D eigenvalue weighted by molar-refractivity contribution is -0.147. The average molecular weight is 361 g/mol. The number of carboxylic acids is 1. The SMILES string of the molecule is Cc1cc(-c2noc(CCC(=O)N3CCC(C)(C(=O)O)C3)n2)ccc1F. The molecule has 0 bridgehead atoms. The van der Waals surface area contributed by atoms with E-state index in [-0.39, 0.29) is 31.1 Å². The lowest BCUT2D eigenvalue weighted by Gasteiger charge is -2.19. The zero-order valence-corrected chi connectivity index (χ0v) is 14.7. The van der Waals surface area contributed by atoms with Crippen molar-refractivity contribution in [2.24, 2.45) is 5.41 Å². The standard InChI is InChI=1S/C18H20FN3O4/c1-11-9-12(3-4-13(11)19)16-20-14(26-21-16)5-6-15(23)22-8-7-18(2,10-22)17(24)25/h3-4,9H,5-8,10H2,1-2H3,(H,24,25). The molecule has 1 fully saturated rings. The molecule has 1 aliphatic heterocycles. The molecule has 0 radical (unpaired) electrons. The van der Waals surface area contributed by atoms with Crippen molar-refractivity contribution >= 4 is 11.9 Å². The first kappa shape index (κ1) is 18.0. The fourth-order valence-corrected chi connectivity index (χ4v) is 2.98. The molecule has 1 amide bonds. The third-order valence-corrected chi connectivity index (χ3v) is 4.78. The molecular weight excluding hydrogens is 341 g/mol. The monoisotopic (exact) mass is 361 g/mol. The van der Waals surface area contributed by atoms with Gasteiger partial charge in [-0.05, 0) is 44.0 Å². The molecule has 0 aliphatic carbocycles. The number of carboxylic acid groups (broad SMARTS) is 1. The van der Waals surface area contributed by atoms with Gasteiger partial charge in [-0.3, -0.25) is 9.59 Å². The van der Waals surface area contributed by atoms with E-state index in [1.807, 2.05) is 0 Å². The lowest BCUT2D eigenvalue weighted by atomic mass is 9.90. The molecule has 1 unspecified atom stereocenters. The molecule has 1 aromatic carbocycles. The molecule has 1 aromatic heterocycles. The van der Waals surface area contributed by atoms with Crippen LogP contribution in [-0.2, 0) is 16.0 Å². The van der Waals surface area contributed by atoms with E-state index >= 15 is 0 Å². The number of nitrogens with zero attached hydrogens (tertiary/aromatic N) is 3. The summed E-state index contributed by atoms with van der Waals surface area (Å²) >= 11 is 0. The minimum absolute atomic E-state index is 0.132. The van der Waals surface area contributed by atoms with Crippen molar-refractivity contribution in [3.05, 3.63) is 35.5 Å². The van der Waals surface area contributed by atoms with Gasteiger partial charge >= 0.3 is 5.97 Å². The normalized spacial score (nSPS) is 19.7. The number of aromatic nitrogens is 2. The van der Waals surface area contributed by atoms with Crippen molar-refractivity contribution in [3.63, 3.8) is 0 Å². The Balaban J connectivity index is 1.59. The minimum Gasteiger partial charge on any atom is -0.481 e. The number of rotatable bonds is 5. The highest BCUT2D eigenvalue weighted by Crippen LogP contribution is 2.30. The Morgan fingerprint density at radius 2 is 2.19 bits per heavy atom. The number of benzene rings is 1. The van der Waals surface area contributed by atoms with Gasteiger partial charge in [-0.1, -0.05) is 5.16 Å². The van der Waals surface area contributed by atoms with Gasteiger partial charge in [0, 0.05) is 31.5 Å². The Labute approximate surface area is 149 Å². The van der Waals surface area contributed by atoms with Crippen LogP contribution in [0.2, 0.25) is 0 Å². The summed E-state index contributed by atoms with van der Waals surface area (Å²) in [5.41, 5.74) is 0.245. The molecule has 1 atom stereocenters. The van der Waals surface area contributed by atoms with E-state index < -0.39 is 11.4 Å². The van der Waals surface area contributed by atoms with E-state index in [1.54, 1.807) is 30.9 Å². The Hall–Kier alpha value is -2.77. The van der Waals surface area contributed by atoms with Crippen LogP contribution in [0.1, 0.15) is 31.2 Å². The number of aliphatic carboxylic acids is 1. The smallest absolute Gasteiger partial charge is 0.311 e. The predicted octanol–water partition coefficient (Wildman–Crippen LogP) is 2.44. The maximum Gasteiger partial charge on any atom is 0.311 e. The number of hydrogen-bond donors (Lipinski definition) is 1. The van der Waals surface area contributed by atoms with E-state index in [0.717, 1.165) is 0 Å². The van der Waals surface area contributed by atoms with Gasteiger partial charge in [-0.2, -0.15) is 4.98 Å². The third kappa shape index (κ3) is 3.58. The van der Waals surface area contributed by atoms with Crippen LogP contribution in [0.3, 0.4) is 0 Å². The number of halogens is 1. The maximum atomic E-state index is 13.3. The van der Waals surface area contributed by atoms with E-state index in [4.69, 9.17) is 4.52 Å². The minimum atomic E-state index is -0.885. The molecule has 138 valence electrons. The van der Waals surface area contributed by atoms with Crippen molar-refractivity contribution < 1.29 is 23.6 Å². The summed E-state index contributed by atoms with van der Waals surface area (Å²) in [4.78, 5) is 29.4. The number of hydrogen-bond acceptors (Lipinski definition) is 5. The summed E-state index contributed by atoms with van der Waals surface area (Å²) in [5.74, 6) is -0.663. The van der Waals surface area contributed by atoms with Crippen molar-refractivity contribution in [1.29, 1.82) is 0 Å². The zero-order chi connectivity index (χ0) is 18.9. The second-order valence-corrected chi connectivity index (χ2v) is 6.91. The molecule has 3 rings (SSSR count). The number of carbonyl (C=O) groups excluding carboxylic acids is 1. The molecule has 2 aromatic rings. The van der Waals surface area contributed by atoms with Gasteiger partial charge in [-0.15, -0.1) is 0 Å². The second kappa shape index (κ2) is 6.86. The van der Waals surface area contributed by atoms with Crippen LogP contribution in [-0.4, -0.2) is 45.1 Å². The number of likely N-dealkylation sites (tertiary alicyclic amines) is 1. The van der Waals surface area contributed by atoms with Gasteiger partial charge in [0.25, 0.3) is 0 Å². The van der Waals surface area contributed by atoms with Gasteiger partial charge in [0.15, 0.2) is 0 Å². The summed E-state index contributed by atoms with van der Waals surface area (Å²) in [7, 11) is 0. The molecule has 2 heterocycles. The molecule has 1 aliphatic rings. The molecule has 1 N–H and O–H groups in total. The Kier molecular flexibility index (Phi) is 4.76. The zero-order valence-electron chi connectivity index (χ0n) is 14.7. The molecule has 1 saturated heterocycles. The summed E-state index contributed by atoms with van der Waals surface area (Å²) < 4.78 is 18.5. The van der Waals surface area contributed by atoms with Crippen molar-refractivity contribution in [2.45, 2.75) is 33.1 Å². The maximum absolute atomic E-state index is 13.3. The van der Waals surface area contributed by atoms with Crippen molar-refractivity contribution in [1.82, 2.24) is 15.0 Å². The Morgan fingerprint density at radius 1 is 1.42 bits per heavy atom. The topological polar surface area (TPSA) is 96.5 Å². The van der Waals surface area contributed by atoms with Gasteiger partial charge in [0.05, 0.1) is 5.41 Å². The van der Waals surface area contributed by atoms with E-state index in [2.05, 4.69) is 10.1 Å². The van der Waals surface area contributed by atoms with Crippen LogP contribution in [0.15, 0.2) is 22.7 Å². The van der Waals surface area contributed by atoms with Crippen LogP contribution < -0.4 is 0 Å². The van der Waals surface area contributed by atoms with E-state index in [1.165, 1.54) is 6.07 Å². The lowest BCUT2D eigenvalue weighted by Crippen LogP contribution is -2.34. The van der Waals surface area contributed by atoms with Crippen molar-refractivity contribution in [2.75, 3.05) is 13.1 Å². The molecule has 0 saturated carbocycles. The van der Waals surface area contributed by atoms with Crippen LogP contribution in [0, 0.1) is 18.2 Å². The first-order chi connectivity index (χ1) is 12.3. The molecule has 8 heteroatoms. The number of carbonyl (C=O) groups is 2. The summed E-state index contributed by atoms with van der Waals surface area (Å²) in [6.07, 6.45) is 0.884. The van der Waals surface area contributed by atoms with Crippen LogP contribution in [0.25, 0.3) is 11.4 Å². The highest BCUT2D eigenvalue weighted by Gasteiger charge is 2.41. The summed E-state index contributed by atoms with van der Waals surface area (Å²) in [6.45, 7) is 3.95. The van der Waals surface area contributed by atoms with Gasteiger partial charge in [0.1, 0.15) is 5.82 Å². The Morgan fingerprint density at radius 3 is 2.85 bits per heavy atom. The Bertz CT molecular complexity index is 851. The quantitative estimate of drug-likeness (QED) is 0.879. The van der Waals surface area contributed by atoms with Crippen LogP contribution in [0.4, 0.5) is 4.39 Å². The summed E-state index contributed by atoms with van der Waals surface area (Å²) in [5, 5.41) is 13.1. The highest BCUT2D eigenvalue weighted by molar-refractivity contribution is 5.80. The van der Waals surface area contributed by atoms with Gasteiger partial charge < -0.3 is 14.5 Å². The van der Waals surface area contributed by atoms with E-state index in [9.17, 15) is 19.1 Å². The first-order valence-electron chi connectivity index (χ1n) is 8.39. The predicted molar refractivity (Wildman–Crippen MR) is 89.7 cm³/mol. The van der Waals surface area contributed by atoms with E-state index in [0.29, 0.717) is 35.8 Å². The number of amides is 1.